The number of anilines is 1. The van der Waals surface area contributed by atoms with E-state index in [4.69, 9.17) is 18.0 Å². The van der Waals surface area contributed by atoms with Crippen molar-refractivity contribution < 1.29 is 18.0 Å². The average molecular weight is 311 g/mol. The molecule has 3 N–H and O–H groups in total. The van der Waals surface area contributed by atoms with Crippen molar-refractivity contribution in [2.24, 2.45) is 5.73 Å². The van der Waals surface area contributed by atoms with Crippen LogP contribution in [0.25, 0.3) is 0 Å². The first kappa shape index (κ1) is 14.9. The number of thiocarbonyl (C=S) groups is 1. The highest BCUT2D eigenvalue weighted by molar-refractivity contribution is 7.80. The Morgan fingerprint density at radius 1 is 1.19 bits per heavy atom. The number of aromatic nitrogens is 1. The van der Waals surface area contributed by atoms with Gasteiger partial charge in [-0.25, -0.2) is 13.2 Å². The molecule has 1 aromatic heterocycles. The van der Waals surface area contributed by atoms with Gasteiger partial charge in [-0.2, -0.15) is 0 Å². The van der Waals surface area contributed by atoms with Gasteiger partial charge in [-0.1, -0.05) is 12.2 Å². The zero-order chi connectivity index (χ0) is 15.6. The number of carbonyl (C=O) groups is 1. The van der Waals surface area contributed by atoms with Crippen LogP contribution >= 0.6 is 12.2 Å². The third kappa shape index (κ3) is 3.34. The molecule has 0 atom stereocenters. The molecular formula is C13H8F3N3OS. The molecule has 108 valence electrons. The van der Waals surface area contributed by atoms with E-state index >= 15 is 0 Å². The largest absolute Gasteiger partial charge is 0.389 e. The van der Waals surface area contributed by atoms with E-state index in [-0.39, 0.29) is 16.4 Å². The maximum atomic E-state index is 13.0. The lowest BCUT2D eigenvalue weighted by Gasteiger charge is -2.06. The first-order valence-corrected chi connectivity index (χ1v) is 6.01. The Bertz CT molecular complexity index is 696. The molecular weight excluding hydrogens is 303 g/mol. The molecule has 0 radical (unpaired) electrons. The number of benzene rings is 1. The highest BCUT2D eigenvalue weighted by atomic mass is 32.1. The Kier molecular flexibility index (Phi) is 4.18. The topological polar surface area (TPSA) is 68.0 Å². The average Bonchev–Trinajstić information content (AvgIpc) is 2.44. The van der Waals surface area contributed by atoms with Crippen molar-refractivity contribution in [2.75, 3.05) is 5.32 Å². The molecule has 0 fully saturated rings. The van der Waals surface area contributed by atoms with E-state index in [9.17, 15) is 18.0 Å². The van der Waals surface area contributed by atoms with E-state index in [1.807, 2.05) is 0 Å². The van der Waals surface area contributed by atoms with E-state index in [2.05, 4.69) is 10.3 Å². The SMILES string of the molecule is NC(=S)c1ccc(C(=O)Nc2cc(F)c(F)c(F)c2)nc1. The van der Waals surface area contributed by atoms with Gasteiger partial charge >= 0.3 is 0 Å². The van der Waals surface area contributed by atoms with Crippen molar-refractivity contribution in [3.05, 3.63) is 59.2 Å². The summed E-state index contributed by atoms with van der Waals surface area (Å²) >= 11 is 4.74. The van der Waals surface area contributed by atoms with Gasteiger partial charge in [0.2, 0.25) is 0 Å². The van der Waals surface area contributed by atoms with Gasteiger partial charge in [-0.05, 0) is 12.1 Å². The zero-order valence-electron chi connectivity index (χ0n) is 10.4. The lowest BCUT2D eigenvalue weighted by atomic mass is 10.2. The molecule has 2 aromatic rings. The van der Waals surface area contributed by atoms with E-state index in [1.165, 1.54) is 18.3 Å². The molecule has 0 aliphatic carbocycles. The number of nitrogens with zero attached hydrogens (tertiary/aromatic N) is 1. The van der Waals surface area contributed by atoms with Crippen LogP contribution in [-0.4, -0.2) is 15.9 Å². The maximum Gasteiger partial charge on any atom is 0.274 e. The fraction of sp³-hybridized carbons (Fsp3) is 0. The molecule has 21 heavy (non-hydrogen) atoms. The lowest BCUT2D eigenvalue weighted by molar-refractivity contribution is 0.102. The Labute approximate surface area is 122 Å². The summed E-state index contributed by atoms with van der Waals surface area (Å²) in [6.45, 7) is 0. The summed E-state index contributed by atoms with van der Waals surface area (Å²) < 4.78 is 38.8. The number of carbonyl (C=O) groups excluding carboxylic acids is 1. The number of hydrogen-bond donors (Lipinski definition) is 2. The van der Waals surface area contributed by atoms with E-state index in [0.29, 0.717) is 17.7 Å². The number of halogens is 3. The highest BCUT2D eigenvalue weighted by Gasteiger charge is 2.13. The molecule has 1 aromatic carbocycles. The van der Waals surface area contributed by atoms with E-state index in [0.717, 1.165) is 0 Å². The number of nitrogens with one attached hydrogen (secondary N) is 1. The molecule has 0 saturated heterocycles. The number of pyridine rings is 1. The highest BCUT2D eigenvalue weighted by Crippen LogP contribution is 2.17. The predicted octanol–water partition coefficient (Wildman–Crippen LogP) is 2.39. The number of amides is 1. The van der Waals surface area contributed by atoms with Gasteiger partial charge in [0.05, 0.1) is 0 Å². The van der Waals surface area contributed by atoms with Crippen molar-refractivity contribution in [1.29, 1.82) is 0 Å². The summed E-state index contributed by atoms with van der Waals surface area (Å²) in [5.74, 6) is -5.12. The monoisotopic (exact) mass is 311 g/mol. The van der Waals surface area contributed by atoms with Crippen LogP contribution in [0.2, 0.25) is 0 Å². The van der Waals surface area contributed by atoms with Crippen LogP contribution in [0.1, 0.15) is 16.1 Å². The van der Waals surface area contributed by atoms with Crippen molar-refractivity contribution in [3.63, 3.8) is 0 Å². The number of nitrogens with two attached hydrogens (primary N) is 1. The minimum Gasteiger partial charge on any atom is -0.389 e. The van der Waals surface area contributed by atoms with Crippen molar-refractivity contribution >= 4 is 28.8 Å². The van der Waals surface area contributed by atoms with E-state index in [1.54, 1.807) is 0 Å². The van der Waals surface area contributed by atoms with Gasteiger partial charge in [0.25, 0.3) is 5.91 Å². The minimum atomic E-state index is -1.60. The molecule has 0 bridgehead atoms. The van der Waals surface area contributed by atoms with Gasteiger partial charge in [0, 0.05) is 29.6 Å². The zero-order valence-corrected chi connectivity index (χ0v) is 11.2. The first-order chi connectivity index (χ1) is 9.88. The van der Waals surface area contributed by atoms with Gasteiger partial charge in [0.15, 0.2) is 17.5 Å². The minimum absolute atomic E-state index is 0.0138. The quantitative estimate of drug-likeness (QED) is 0.674. The molecule has 0 aliphatic heterocycles. The van der Waals surface area contributed by atoms with Crippen LogP contribution in [0.3, 0.4) is 0 Å². The van der Waals surface area contributed by atoms with Crippen molar-refractivity contribution in [3.8, 4) is 0 Å². The number of rotatable bonds is 3. The fourth-order valence-corrected chi connectivity index (χ4v) is 1.62. The van der Waals surface area contributed by atoms with Crippen molar-refractivity contribution in [2.45, 2.75) is 0 Å². The molecule has 0 saturated carbocycles. The second-order valence-electron chi connectivity index (χ2n) is 4.00. The number of hydrogen-bond acceptors (Lipinski definition) is 3. The summed E-state index contributed by atoms with van der Waals surface area (Å²) in [5, 5.41) is 2.20. The molecule has 1 amide bonds. The lowest BCUT2D eigenvalue weighted by Crippen LogP contribution is -2.16. The molecule has 0 unspecified atom stereocenters. The third-order valence-electron chi connectivity index (χ3n) is 2.52. The van der Waals surface area contributed by atoms with Crippen LogP contribution in [0, 0.1) is 17.5 Å². The molecule has 4 nitrogen and oxygen atoms in total. The normalized spacial score (nSPS) is 10.2. The maximum absolute atomic E-state index is 13.0. The molecule has 8 heteroatoms. The third-order valence-corrected chi connectivity index (χ3v) is 2.76. The van der Waals surface area contributed by atoms with Gasteiger partial charge in [0.1, 0.15) is 10.7 Å². The predicted molar refractivity (Wildman–Crippen MR) is 74.4 cm³/mol. The van der Waals surface area contributed by atoms with Crippen LogP contribution in [-0.2, 0) is 0 Å². The Morgan fingerprint density at radius 2 is 1.81 bits per heavy atom. The van der Waals surface area contributed by atoms with Gasteiger partial charge in [-0.15, -0.1) is 0 Å². The van der Waals surface area contributed by atoms with Crippen LogP contribution in [0.15, 0.2) is 30.5 Å². The van der Waals surface area contributed by atoms with Crippen LogP contribution in [0.5, 0.6) is 0 Å². The second-order valence-corrected chi connectivity index (χ2v) is 4.44. The summed E-state index contributed by atoms with van der Waals surface area (Å²) in [5.41, 5.74) is 5.62. The first-order valence-electron chi connectivity index (χ1n) is 5.60. The van der Waals surface area contributed by atoms with Crippen molar-refractivity contribution in [1.82, 2.24) is 4.98 Å². The van der Waals surface area contributed by atoms with Gasteiger partial charge in [-0.3, -0.25) is 9.78 Å². The molecule has 2 rings (SSSR count). The van der Waals surface area contributed by atoms with Crippen LogP contribution in [0.4, 0.5) is 18.9 Å². The Hall–Kier alpha value is -2.48. The van der Waals surface area contributed by atoms with E-state index < -0.39 is 23.4 Å². The smallest absolute Gasteiger partial charge is 0.274 e. The Morgan fingerprint density at radius 3 is 2.29 bits per heavy atom. The molecule has 0 aliphatic rings. The summed E-state index contributed by atoms with van der Waals surface area (Å²) in [6, 6.07) is 4.16. The fourth-order valence-electron chi connectivity index (χ4n) is 1.50. The van der Waals surface area contributed by atoms with Gasteiger partial charge < -0.3 is 11.1 Å². The molecule has 1 heterocycles. The standard InChI is InChI=1S/C13H8F3N3OS/c14-8-3-7(4-9(15)11(8)16)19-13(20)10-2-1-6(5-18-10)12(17)21/h1-5H,(H2,17,21)(H,19,20). The second kappa shape index (κ2) is 5.88. The summed E-state index contributed by atoms with van der Waals surface area (Å²) in [4.78, 5) is 15.8. The molecule has 0 spiro atoms. The Balaban J connectivity index is 2.20. The summed E-state index contributed by atoms with van der Waals surface area (Å²) in [7, 11) is 0. The summed E-state index contributed by atoms with van der Waals surface area (Å²) in [6.07, 6.45) is 1.29. The van der Waals surface area contributed by atoms with Crippen LogP contribution < -0.4 is 11.1 Å².